The Morgan fingerprint density at radius 2 is 2.14 bits per heavy atom. The molecule has 0 aromatic heterocycles. The second-order valence-electron chi connectivity index (χ2n) is 3.64. The monoisotopic (exact) mass is 207 g/mol. The molecular formula is C12H17NS. The lowest BCUT2D eigenvalue weighted by molar-refractivity contribution is 0.866. The summed E-state index contributed by atoms with van der Waals surface area (Å²) < 4.78 is 0. The number of benzene rings is 1. The highest BCUT2D eigenvalue weighted by Gasteiger charge is 2.03. The molecule has 1 aromatic rings. The minimum absolute atomic E-state index is 0.555. The summed E-state index contributed by atoms with van der Waals surface area (Å²) >= 11 is 5.25. The summed E-state index contributed by atoms with van der Waals surface area (Å²) in [5, 5.41) is 3.16. The summed E-state index contributed by atoms with van der Waals surface area (Å²) in [7, 11) is 0. The van der Waals surface area contributed by atoms with E-state index in [0.717, 1.165) is 17.1 Å². The van der Waals surface area contributed by atoms with Gasteiger partial charge in [0.15, 0.2) is 0 Å². The number of hydrogen-bond acceptors (Lipinski definition) is 1. The number of thiocarbonyl (C=S) groups is 1. The van der Waals surface area contributed by atoms with Crippen LogP contribution in [0.2, 0.25) is 0 Å². The number of hydrogen-bond donors (Lipinski definition) is 1. The Balaban J connectivity index is 2.88. The zero-order chi connectivity index (χ0) is 10.6. The van der Waals surface area contributed by atoms with Gasteiger partial charge in [0.2, 0.25) is 0 Å². The highest BCUT2D eigenvalue weighted by Crippen LogP contribution is 2.15. The van der Waals surface area contributed by atoms with E-state index in [9.17, 15) is 0 Å². The molecular weight excluding hydrogens is 190 g/mol. The molecule has 0 radical (unpaired) electrons. The SMILES string of the molecule is CCNC(=S)c1cccc(C(C)C)c1. The molecule has 1 N–H and O–H groups in total. The Labute approximate surface area is 91.5 Å². The van der Waals surface area contributed by atoms with Crippen molar-refractivity contribution < 1.29 is 0 Å². The zero-order valence-corrected chi connectivity index (χ0v) is 9.82. The third kappa shape index (κ3) is 2.81. The van der Waals surface area contributed by atoms with Crippen molar-refractivity contribution in [3.8, 4) is 0 Å². The summed E-state index contributed by atoms with van der Waals surface area (Å²) in [6, 6.07) is 8.42. The van der Waals surface area contributed by atoms with Crippen LogP contribution in [0.1, 0.15) is 37.8 Å². The number of rotatable bonds is 3. The fourth-order valence-electron chi connectivity index (χ4n) is 1.30. The predicted molar refractivity (Wildman–Crippen MR) is 65.9 cm³/mol. The van der Waals surface area contributed by atoms with E-state index < -0.39 is 0 Å². The largest absolute Gasteiger partial charge is 0.376 e. The first-order valence-electron chi connectivity index (χ1n) is 5.03. The lowest BCUT2D eigenvalue weighted by Gasteiger charge is -2.09. The molecule has 0 saturated heterocycles. The van der Waals surface area contributed by atoms with Gasteiger partial charge in [0.05, 0.1) is 0 Å². The molecule has 14 heavy (non-hydrogen) atoms. The maximum atomic E-state index is 5.25. The van der Waals surface area contributed by atoms with Crippen LogP contribution in [0.5, 0.6) is 0 Å². The molecule has 0 aliphatic rings. The van der Waals surface area contributed by atoms with Crippen molar-refractivity contribution in [2.45, 2.75) is 26.7 Å². The van der Waals surface area contributed by atoms with E-state index >= 15 is 0 Å². The summed E-state index contributed by atoms with van der Waals surface area (Å²) in [4.78, 5) is 0.843. The molecule has 0 atom stereocenters. The van der Waals surface area contributed by atoms with Gasteiger partial charge in [0, 0.05) is 12.1 Å². The molecule has 1 aromatic carbocycles. The first kappa shape index (κ1) is 11.2. The molecule has 0 bridgehead atoms. The Bertz CT molecular complexity index is 318. The second-order valence-corrected chi connectivity index (χ2v) is 4.05. The van der Waals surface area contributed by atoms with Crippen molar-refractivity contribution in [1.82, 2.24) is 5.32 Å². The molecule has 0 fully saturated rings. The summed E-state index contributed by atoms with van der Waals surface area (Å²) in [6.07, 6.45) is 0. The zero-order valence-electron chi connectivity index (χ0n) is 9.00. The maximum absolute atomic E-state index is 5.25. The quantitative estimate of drug-likeness (QED) is 0.764. The molecule has 0 heterocycles. The van der Waals surface area contributed by atoms with Crippen molar-refractivity contribution in [1.29, 1.82) is 0 Å². The molecule has 76 valence electrons. The van der Waals surface area contributed by atoms with Crippen molar-refractivity contribution in [2.75, 3.05) is 6.54 Å². The Hall–Kier alpha value is -0.890. The van der Waals surface area contributed by atoms with Crippen LogP contribution in [-0.2, 0) is 0 Å². The van der Waals surface area contributed by atoms with Gasteiger partial charge in [-0.3, -0.25) is 0 Å². The Kier molecular flexibility index (Phi) is 4.08. The van der Waals surface area contributed by atoms with E-state index in [1.807, 2.05) is 0 Å². The van der Waals surface area contributed by atoms with Crippen LogP contribution < -0.4 is 5.32 Å². The van der Waals surface area contributed by atoms with Crippen LogP contribution in [0.4, 0.5) is 0 Å². The Morgan fingerprint density at radius 3 is 2.71 bits per heavy atom. The van der Waals surface area contributed by atoms with Gasteiger partial charge in [0.1, 0.15) is 4.99 Å². The van der Waals surface area contributed by atoms with Crippen LogP contribution in [0.25, 0.3) is 0 Å². The van der Waals surface area contributed by atoms with Gasteiger partial charge in [-0.25, -0.2) is 0 Å². The topological polar surface area (TPSA) is 12.0 Å². The van der Waals surface area contributed by atoms with Gasteiger partial charge < -0.3 is 5.32 Å². The Morgan fingerprint density at radius 1 is 1.43 bits per heavy atom. The first-order chi connectivity index (χ1) is 6.65. The van der Waals surface area contributed by atoms with Crippen LogP contribution in [0, 0.1) is 0 Å². The smallest absolute Gasteiger partial charge is 0.106 e. The molecule has 0 amide bonds. The predicted octanol–water partition coefficient (Wildman–Crippen LogP) is 3.10. The lowest BCUT2D eigenvalue weighted by Crippen LogP contribution is -2.21. The molecule has 2 heteroatoms. The van der Waals surface area contributed by atoms with Crippen molar-refractivity contribution in [2.24, 2.45) is 0 Å². The van der Waals surface area contributed by atoms with E-state index in [4.69, 9.17) is 12.2 Å². The van der Waals surface area contributed by atoms with E-state index in [1.165, 1.54) is 5.56 Å². The third-order valence-electron chi connectivity index (χ3n) is 2.15. The van der Waals surface area contributed by atoms with Crippen LogP contribution in [0.15, 0.2) is 24.3 Å². The van der Waals surface area contributed by atoms with E-state index in [2.05, 4.69) is 50.4 Å². The van der Waals surface area contributed by atoms with Gasteiger partial charge in [0.25, 0.3) is 0 Å². The molecule has 0 aliphatic heterocycles. The highest BCUT2D eigenvalue weighted by molar-refractivity contribution is 7.80. The number of nitrogens with one attached hydrogen (secondary N) is 1. The standard InChI is InChI=1S/C12H17NS/c1-4-13-12(14)11-7-5-6-10(8-11)9(2)3/h5-9H,4H2,1-3H3,(H,13,14). The maximum Gasteiger partial charge on any atom is 0.106 e. The third-order valence-corrected chi connectivity index (χ3v) is 2.53. The first-order valence-corrected chi connectivity index (χ1v) is 5.44. The minimum Gasteiger partial charge on any atom is -0.376 e. The van der Waals surface area contributed by atoms with E-state index in [0.29, 0.717) is 5.92 Å². The van der Waals surface area contributed by atoms with Gasteiger partial charge in [-0.05, 0) is 24.5 Å². The van der Waals surface area contributed by atoms with E-state index in [1.54, 1.807) is 0 Å². The van der Waals surface area contributed by atoms with Crippen molar-refractivity contribution in [3.05, 3.63) is 35.4 Å². The lowest BCUT2D eigenvalue weighted by atomic mass is 10.0. The van der Waals surface area contributed by atoms with Crippen LogP contribution >= 0.6 is 12.2 Å². The van der Waals surface area contributed by atoms with Gasteiger partial charge >= 0.3 is 0 Å². The molecule has 1 rings (SSSR count). The van der Waals surface area contributed by atoms with Gasteiger partial charge in [-0.15, -0.1) is 0 Å². The molecule has 0 unspecified atom stereocenters. The fraction of sp³-hybridized carbons (Fsp3) is 0.417. The molecule has 1 nitrogen and oxygen atoms in total. The van der Waals surface area contributed by atoms with Crippen molar-refractivity contribution >= 4 is 17.2 Å². The molecule has 0 spiro atoms. The average Bonchev–Trinajstić information content (AvgIpc) is 2.18. The fourth-order valence-corrected chi connectivity index (χ4v) is 1.57. The molecule has 0 saturated carbocycles. The molecule has 0 aliphatic carbocycles. The normalized spacial score (nSPS) is 10.3. The van der Waals surface area contributed by atoms with Gasteiger partial charge in [-0.2, -0.15) is 0 Å². The van der Waals surface area contributed by atoms with Crippen molar-refractivity contribution in [3.63, 3.8) is 0 Å². The van der Waals surface area contributed by atoms with E-state index in [-0.39, 0.29) is 0 Å². The highest BCUT2D eigenvalue weighted by atomic mass is 32.1. The average molecular weight is 207 g/mol. The summed E-state index contributed by atoms with van der Waals surface area (Å²) in [5.74, 6) is 0.555. The summed E-state index contributed by atoms with van der Waals surface area (Å²) in [6.45, 7) is 7.31. The second kappa shape index (κ2) is 5.11. The van der Waals surface area contributed by atoms with Gasteiger partial charge in [-0.1, -0.05) is 44.3 Å². The summed E-state index contributed by atoms with van der Waals surface area (Å²) in [5.41, 5.74) is 2.45. The van der Waals surface area contributed by atoms with Crippen LogP contribution in [-0.4, -0.2) is 11.5 Å². The van der Waals surface area contributed by atoms with Crippen LogP contribution in [0.3, 0.4) is 0 Å². The minimum atomic E-state index is 0.555.